The van der Waals surface area contributed by atoms with Crippen LogP contribution in [0, 0.1) is 11.7 Å². The Morgan fingerprint density at radius 2 is 1.83 bits per heavy atom. The minimum Gasteiger partial charge on any atom is -0.358 e. The van der Waals surface area contributed by atoms with Crippen molar-refractivity contribution in [1.29, 1.82) is 0 Å². The summed E-state index contributed by atoms with van der Waals surface area (Å²) in [4.78, 5) is 3.37. The SMILES string of the molecule is Cc1[nH]c2ccccc2c1/C=N/n1c(-c2ccccc2)n[nH]c1=S. The van der Waals surface area contributed by atoms with E-state index in [-0.39, 0.29) is 0 Å². The van der Waals surface area contributed by atoms with Crippen molar-refractivity contribution in [2.24, 2.45) is 5.10 Å². The molecular formula is C18H15N5S. The lowest BCUT2D eigenvalue weighted by molar-refractivity contribution is 0.871. The van der Waals surface area contributed by atoms with Gasteiger partial charge in [0.25, 0.3) is 0 Å². The molecule has 4 rings (SSSR count). The predicted molar refractivity (Wildman–Crippen MR) is 98.9 cm³/mol. The molecule has 2 aromatic carbocycles. The lowest BCUT2D eigenvalue weighted by atomic mass is 10.1. The van der Waals surface area contributed by atoms with Crippen LogP contribution >= 0.6 is 12.2 Å². The monoisotopic (exact) mass is 333 g/mol. The Labute approximate surface area is 143 Å². The van der Waals surface area contributed by atoms with Gasteiger partial charge in [-0.1, -0.05) is 48.5 Å². The van der Waals surface area contributed by atoms with E-state index in [2.05, 4.69) is 32.4 Å². The van der Waals surface area contributed by atoms with E-state index < -0.39 is 0 Å². The Hall–Kier alpha value is -2.99. The maximum Gasteiger partial charge on any atom is 0.216 e. The smallest absolute Gasteiger partial charge is 0.216 e. The number of rotatable bonds is 3. The average Bonchev–Trinajstić information content (AvgIpc) is 3.13. The summed E-state index contributed by atoms with van der Waals surface area (Å²) in [7, 11) is 0. The molecule has 0 unspecified atom stereocenters. The van der Waals surface area contributed by atoms with Crippen LogP contribution in [0.1, 0.15) is 11.3 Å². The summed E-state index contributed by atoms with van der Waals surface area (Å²) in [6.45, 7) is 2.04. The minimum absolute atomic E-state index is 0.461. The summed E-state index contributed by atoms with van der Waals surface area (Å²) < 4.78 is 2.11. The first kappa shape index (κ1) is 14.6. The molecule has 0 aliphatic carbocycles. The van der Waals surface area contributed by atoms with E-state index >= 15 is 0 Å². The summed E-state index contributed by atoms with van der Waals surface area (Å²) in [5, 5.41) is 12.8. The van der Waals surface area contributed by atoms with Gasteiger partial charge in [-0.15, -0.1) is 0 Å². The quantitative estimate of drug-likeness (QED) is 0.434. The Kier molecular flexibility index (Phi) is 3.59. The van der Waals surface area contributed by atoms with Crippen molar-refractivity contribution >= 4 is 29.3 Å². The summed E-state index contributed by atoms with van der Waals surface area (Å²) in [5.74, 6) is 0.689. The van der Waals surface area contributed by atoms with Gasteiger partial charge in [0, 0.05) is 27.7 Å². The Morgan fingerprint density at radius 3 is 2.67 bits per heavy atom. The number of nitrogens with one attached hydrogen (secondary N) is 2. The maximum absolute atomic E-state index is 5.32. The molecular weight excluding hydrogens is 318 g/mol. The van der Waals surface area contributed by atoms with Crippen molar-refractivity contribution in [3.05, 3.63) is 70.6 Å². The zero-order chi connectivity index (χ0) is 16.5. The van der Waals surface area contributed by atoms with Crippen LogP contribution in [0.25, 0.3) is 22.3 Å². The van der Waals surface area contributed by atoms with E-state index in [1.54, 1.807) is 4.68 Å². The number of aryl methyl sites for hydroxylation is 1. The number of aromatic amines is 2. The number of nitrogens with zero attached hydrogens (tertiary/aromatic N) is 3. The van der Waals surface area contributed by atoms with Crippen molar-refractivity contribution in [2.75, 3.05) is 0 Å². The predicted octanol–water partition coefficient (Wildman–Crippen LogP) is 4.28. The van der Waals surface area contributed by atoms with Crippen molar-refractivity contribution < 1.29 is 0 Å². The average molecular weight is 333 g/mol. The number of para-hydroxylation sites is 1. The van der Waals surface area contributed by atoms with Gasteiger partial charge >= 0.3 is 0 Å². The lowest BCUT2D eigenvalue weighted by Crippen LogP contribution is -1.95. The van der Waals surface area contributed by atoms with Crippen molar-refractivity contribution in [1.82, 2.24) is 19.9 Å². The van der Waals surface area contributed by atoms with Gasteiger partial charge in [0.2, 0.25) is 4.77 Å². The molecule has 5 nitrogen and oxygen atoms in total. The van der Waals surface area contributed by atoms with Crippen LogP contribution in [0.2, 0.25) is 0 Å². The van der Waals surface area contributed by atoms with Crippen LogP contribution in [0.15, 0.2) is 59.7 Å². The van der Waals surface area contributed by atoms with Crippen LogP contribution in [0.5, 0.6) is 0 Å². The van der Waals surface area contributed by atoms with Crippen molar-refractivity contribution in [3.63, 3.8) is 0 Å². The number of benzene rings is 2. The molecule has 0 aliphatic rings. The first-order valence-electron chi connectivity index (χ1n) is 7.58. The standard InChI is InChI=1S/C18H15N5S/c1-12-15(14-9-5-6-10-16(14)20-12)11-19-23-17(21-22-18(23)24)13-7-3-2-4-8-13/h2-11,20H,1H3,(H,22,24)/b19-11+. The largest absolute Gasteiger partial charge is 0.358 e. The number of H-pyrrole nitrogens is 2. The van der Waals surface area contributed by atoms with Gasteiger partial charge in [-0.2, -0.15) is 14.9 Å². The molecule has 2 heterocycles. The second-order valence-electron chi connectivity index (χ2n) is 5.48. The highest BCUT2D eigenvalue weighted by atomic mass is 32.1. The highest BCUT2D eigenvalue weighted by molar-refractivity contribution is 7.71. The maximum atomic E-state index is 5.32. The molecule has 0 amide bonds. The summed E-state index contributed by atoms with van der Waals surface area (Å²) in [6, 6.07) is 18.0. The fraction of sp³-hybridized carbons (Fsp3) is 0.0556. The van der Waals surface area contributed by atoms with E-state index in [1.165, 1.54) is 0 Å². The molecule has 0 bridgehead atoms. The second-order valence-corrected chi connectivity index (χ2v) is 5.87. The van der Waals surface area contributed by atoms with E-state index in [0.717, 1.165) is 27.7 Å². The van der Waals surface area contributed by atoms with Crippen LogP contribution in [0.3, 0.4) is 0 Å². The third kappa shape index (κ3) is 2.47. The zero-order valence-corrected chi connectivity index (χ0v) is 13.8. The van der Waals surface area contributed by atoms with Crippen LogP contribution in [-0.4, -0.2) is 26.1 Å². The molecule has 0 saturated heterocycles. The highest BCUT2D eigenvalue weighted by Gasteiger charge is 2.09. The Morgan fingerprint density at radius 1 is 1.08 bits per heavy atom. The number of aromatic nitrogens is 4. The number of hydrogen-bond donors (Lipinski definition) is 2. The van der Waals surface area contributed by atoms with E-state index in [4.69, 9.17) is 12.2 Å². The van der Waals surface area contributed by atoms with Gasteiger partial charge in [-0.25, -0.2) is 5.10 Å². The fourth-order valence-corrected chi connectivity index (χ4v) is 2.93. The second kappa shape index (κ2) is 5.90. The Balaban J connectivity index is 1.81. The number of fused-ring (bicyclic) bond motifs is 1. The van der Waals surface area contributed by atoms with Crippen LogP contribution < -0.4 is 0 Å². The van der Waals surface area contributed by atoms with Crippen LogP contribution in [0.4, 0.5) is 0 Å². The molecule has 118 valence electrons. The molecule has 4 aromatic rings. The van der Waals surface area contributed by atoms with Gasteiger partial charge in [0.15, 0.2) is 5.82 Å². The van der Waals surface area contributed by atoms with Gasteiger partial charge in [-0.3, -0.25) is 0 Å². The summed E-state index contributed by atoms with van der Waals surface area (Å²) in [6.07, 6.45) is 1.83. The van der Waals surface area contributed by atoms with Crippen molar-refractivity contribution in [3.8, 4) is 11.4 Å². The van der Waals surface area contributed by atoms with Gasteiger partial charge in [-0.05, 0) is 25.2 Å². The third-order valence-corrected chi connectivity index (χ3v) is 4.19. The minimum atomic E-state index is 0.461. The highest BCUT2D eigenvalue weighted by Crippen LogP contribution is 2.21. The molecule has 0 atom stereocenters. The molecule has 24 heavy (non-hydrogen) atoms. The molecule has 0 spiro atoms. The first-order chi connectivity index (χ1) is 11.7. The lowest BCUT2D eigenvalue weighted by Gasteiger charge is -2.00. The molecule has 2 N–H and O–H groups in total. The Bertz CT molecular complexity index is 1090. The van der Waals surface area contributed by atoms with Crippen molar-refractivity contribution in [2.45, 2.75) is 6.92 Å². The molecule has 6 heteroatoms. The van der Waals surface area contributed by atoms with E-state index in [0.29, 0.717) is 10.6 Å². The number of hydrogen-bond acceptors (Lipinski definition) is 3. The van der Waals surface area contributed by atoms with E-state index in [1.807, 2.05) is 55.6 Å². The topological polar surface area (TPSA) is 61.8 Å². The normalized spacial score (nSPS) is 11.5. The molecule has 2 aromatic heterocycles. The van der Waals surface area contributed by atoms with Crippen LogP contribution in [-0.2, 0) is 0 Å². The van der Waals surface area contributed by atoms with Gasteiger partial charge < -0.3 is 4.98 Å². The third-order valence-electron chi connectivity index (χ3n) is 3.93. The van der Waals surface area contributed by atoms with E-state index in [9.17, 15) is 0 Å². The molecule has 0 saturated carbocycles. The summed E-state index contributed by atoms with van der Waals surface area (Å²) >= 11 is 5.32. The van der Waals surface area contributed by atoms with Gasteiger partial charge in [0.1, 0.15) is 0 Å². The van der Waals surface area contributed by atoms with Gasteiger partial charge in [0.05, 0.1) is 6.21 Å². The molecule has 0 fully saturated rings. The zero-order valence-electron chi connectivity index (χ0n) is 13.0. The first-order valence-corrected chi connectivity index (χ1v) is 7.99. The molecule has 0 aliphatic heterocycles. The summed E-state index contributed by atoms with van der Waals surface area (Å²) in [5.41, 5.74) is 4.16. The fourth-order valence-electron chi connectivity index (χ4n) is 2.75. The molecule has 0 radical (unpaired) electrons.